The minimum Gasteiger partial charge on any atom is -0.352 e. The van der Waals surface area contributed by atoms with E-state index < -0.39 is 10.0 Å². The topological polar surface area (TPSA) is 84.2 Å². The second kappa shape index (κ2) is 7.02. The van der Waals surface area contributed by atoms with Crippen LogP contribution in [-0.4, -0.2) is 58.9 Å². The highest BCUT2D eigenvalue weighted by Crippen LogP contribution is 2.25. The molecule has 0 bridgehead atoms. The molecule has 0 N–H and O–H groups in total. The van der Waals surface area contributed by atoms with E-state index in [1.165, 1.54) is 11.3 Å². The van der Waals surface area contributed by atoms with E-state index in [9.17, 15) is 8.42 Å². The van der Waals surface area contributed by atoms with E-state index >= 15 is 0 Å². The Bertz CT molecular complexity index is 1030. The van der Waals surface area contributed by atoms with Crippen molar-refractivity contribution in [3.05, 3.63) is 47.1 Å². The molecule has 1 saturated heterocycles. The van der Waals surface area contributed by atoms with E-state index in [1.807, 2.05) is 44.3 Å². The number of anilines is 1. The Labute approximate surface area is 162 Å². The summed E-state index contributed by atoms with van der Waals surface area (Å²) in [7, 11) is -3.41. The monoisotopic (exact) mass is 404 g/mol. The fourth-order valence-corrected chi connectivity index (χ4v) is 5.85. The van der Waals surface area contributed by atoms with Crippen LogP contribution in [-0.2, 0) is 10.0 Å². The lowest BCUT2D eigenvalue weighted by Gasteiger charge is -2.34. The lowest BCUT2D eigenvalue weighted by atomic mass is 10.3. The molecule has 1 fully saturated rings. The van der Waals surface area contributed by atoms with Gasteiger partial charge in [0.1, 0.15) is 4.21 Å². The van der Waals surface area contributed by atoms with Crippen molar-refractivity contribution in [2.24, 2.45) is 0 Å². The molecule has 1 aliphatic rings. The third-order valence-electron chi connectivity index (χ3n) is 4.47. The molecule has 0 spiro atoms. The van der Waals surface area contributed by atoms with Gasteiger partial charge in [-0.2, -0.15) is 9.40 Å². The molecule has 4 rings (SSSR count). The summed E-state index contributed by atoms with van der Waals surface area (Å²) in [6, 6.07) is 9.19. The maximum absolute atomic E-state index is 12.7. The van der Waals surface area contributed by atoms with E-state index in [0.717, 1.165) is 16.4 Å². The van der Waals surface area contributed by atoms with Crippen LogP contribution >= 0.6 is 11.3 Å². The molecule has 0 radical (unpaired) electrons. The van der Waals surface area contributed by atoms with Crippen LogP contribution in [0.15, 0.2) is 40.7 Å². The van der Waals surface area contributed by atoms with E-state index in [2.05, 4.69) is 20.2 Å². The highest BCUT2D eigenvalue weighted by atomic mass is 32.2. The summed E-state index contributed by atoms with van der Waals surface area (Å²) in [6.45, 7) is 5.86. The van der Waals surface area contributed by atoms with Gasteiger partial charge < -0.3 is 4.90 Å². The van der Waals surface area contributed by atoms with Gasteiger partial charge in [-0.25, -0.2) is 13.1 Å². The number of hydrogen-bond acceptors (Lipinski definition) is 7. The van der Waals surface area contributed by atoms with Crippen molar-refractivity contribution < 1.29 is 8.42 Å². The standard InChI is InChI=1S/C17H20N6O2S2/c1-13-7-8-23(20-13)16-5-4-15(18-19-16)21-9-11-22(12-10-21)27(24,25)17-6-3-14(2)26-17/h3-8H,9-12H2,1-2H3. The first kappa shape index (κ1) is 18.1. The summed E-state index contributed by atoms with van der Waals surface area (Å²) in [5.74, 6) is 1.40. The number of nitrogens with zero attached hydrogens (tertiary/aromatic N) is 6. The Morgan fingerprint density at radius 1 is 0.926 bits per heavy atom. The zero-order chi connectivity index (χ0) is 19.0. The molecule has 0 amide bonds. The van der Waals surface area contributed by atoms with E-state index in [-0.39, 0.29) is 0 Å². The van der Waals surface area contributed by atoms with Gasteiger partial charge in [0.15, 0.2) is 11.6 Å². The van der Waals surface area contributed by atoms with E-state index in [4.69, 9.17) is 0 Å². The van der Waals surface area contributed by atoms with E-state index in [1.54, 1.807) is 15.1 Å². The quantitative estimate of drug-likeness (QED) is 0.660. The van der Waals surface area contributed by atoms with Crippen LogP contribution in [0.1, 0.15) is 10.6 Å². The number of rotatable bonds is 4. The van der Waals surface area contributed by atoms with Crippen molar-refractivity contribution in [1.29, 1.82) is 0 Å². The first-order valence-corrected chi connectivity index (χ1v) is 10.9. The molecule has 0 unspecified atom stereocenters. The average Bonchev–Trinajstić information content (AvgIpc) is 3.31. The largest absolute Gasteiger partial charge is 0.352 e. The van der Waals surface area contributed by atoms with Crippen LogP contribution in [0.4, 0.5) is 5.82 Å². The van der Waals surface area contributed by atoms with Gasteiger partial charge in [-0.15, -0.1) is 21.5 Å². The van der Waals surface area contributed by atoms with Gasteiger partial charge in [0.05, 0.1) is 5.69 Å². The zero-order valence-electron chi connectivity index (χ0n) is 15.1. The van der Waals surface area contributed by atoms with Gasteiger partial charge in [-0.3, -0.25) is 0 Å². The minimum atomic E-state index is -3.41. The highest BCUT2D eigenvalue weighted by Gasteiger charge is 2.30. The van der Waals surface area contributed by atoms with Gasteiger partial charge >= 0.3 is 0 Å². The van der Waals surface area contributed by atoms with Crippen molar-refractivity contribution >= 4 is 27.2 Å². The van der Waals surface area contributed by atoms with Gasteiger partial charge in [0.2, 0.25) is 0 Å². The average molecular weight is 405 g/mol. The van der Waals surface area contributed by atoms with Crippen molar-refractivity contribution in [3.63, 3.8) is 0 Å². The molecule has 4 heterocycles. The zero-order valence-corrected chi connectivity index (χ0v) is 16.7. The number of thiophene rings is 1. The first-order chi connectivity index (χ1) is 12.9. The molecule has 0 saturated carbocycles. The molecule has 0 atom stereocenters. The summed E-state index contributed by atoms with van der Waals surface area (Å²) >= 11 is 1.31. The van der Waals surface area contributed by atoms with Crippen LogP contribution in [0, 0.1) is 13.8 Å². The highest BCUT2D eigenvalue weighted by molar-refractivity contribution is 7.91. The Morgan fingerprint density at radius 2 is 1.63 bits per heavy atom. The summed E-state index contributed by atoms with van der Waals surface area (Å²) < 4.78 is 29.1. The van der Waals surface area contributed by atoms with Gasteiger partial charge in [-0.1, -0.05) is 0 Å². The molecule has 8 nitrogen and oxygen atoms in total. The normalized spacial score (nSPS) is 16.0. The summed E-state index contributed by atoms with van der Waals surface area (Å²) in [5.41, 5.74) is 0.916. The molecule has 1 aliphatic heterocycles. The first-order valence-electron chi connectivity index (χ1n) is 8.61. The third kappa shape index (κ3) is 3.60. The third-order valence-corrected chi connectivity index (χ3v) is 7.83. The molecule has 27 heavy (non-hydrogen) atoms. The number of piperazine rings is 1. The summed E-state index contributed by atoms with van der Waals surface area (Å²) in [5, 5.41) is 12.8. The maximum Gasteiger partial charge on any atom is 0.252 e. The fraction of sp³-hybridized carbons (Fsp3) is 0.353. The van der Waals surface area contributed by atoms with Crippen molar-refractivity contribution in [1.82, 2.24) is 24.3 Å². The van der Waals surface area contributed by atoms with Crippen molar-refractivity contribution in [3.8, 4) is 5.82 Å². The van der Waals surface area contributed by atoms with E-state index in [0.29, 0.717) is 36.2 Å². The van der Waals surface area contributed by atoms with Crippen LogP contribution in [0.3, 0.4) is 0 Å². The predicted octanol–water partition coefficient (Wildman–Crippen LogP) is 1.85. The van der Waals surface area contributed by atoms with Crippen LogP contribution in [0.5, 0.6) is 0 Å². The second-order valence-electron chi connectivity index (χ2n) is 6.41. The van der Waals surface area contributed by atoms with Gasteiger partial charge in [0.25, 0.3) is 10.0 Å². The van der Waals surface area contributed by atoms with Crippen molar-refractivity contribution in [2.75, 3.05) is 31.1 Å². The molecular weight excluding hydrogens is 384 g/mol. The lowest BCUT2D eigenvalue weighted by molar-refractivity contribution is 0.384. The molecular formula is C17H20N6O2S2. The summed E-state index contributed by atoms with van der Waals surface area (Å²) in [4.78, 5) is 3.05. The number of aromatic nitrogens is 4. The van der Waals surface area contributed by atoms with Crippen molar-refractivity contribution in [2.45, 2.75) is 18.1 Å². The van der Waals surface area contributed by atoms with Gasteiger partial charge in [0, 0.05) is 37.3 Å². The molecule has 3 aromatic rings. The number of sulfonamides is 1. The predicted molar refractivity (Wildman–Crippen MR) is 104 cm³/mol. The van der Waals surface area contributed by atoms with Crippen LogP contribution in [0.2, 0.25) is 0 Å². The van der Waals surface area contributed by atoms with Crippen LogP contribution in [0.25, 0.3) is 5.82 Å². The second-order valence-corrected chi connectivity index (χ2v) is 9.86. The lowest BCUT2D eigenvalue weighted by Crippen LogP contribution is -2.48. The number of aryl methyl sites for hydroxylation is 2. The molecule has 142 valence electrons. The maximum atomic E-state index is 12.7. The number of hydrogen-bond donors (Lipinski definition) is 0. The SMILES string of the molecule is Cc1ccn(-c2ccc(N3CCN(S(=O)(=O)c4ccc(C)s4)CC3)nn2)n1. The minimum absolute atomic E-state index is 0.409. The molecule has 10 heteroatoms. The van der Waals surface area contributed by atoms with Gasteiger partial charge in [-0.05, 0) is 44.2 Å². The smallest absolute Gasteiger partial charge is 0.252 e. The molecule has 0 aromatic carbocycles. The fourth-order valence-electron chi connectivity index (χ4n) is 2.99. The summed E-state index contributed by atoms with van der Waals surface area (Å²) in [6.07, 6.45) is 1.84. The Balaban J connectivity index is 1.43. The molecule has 3 aromatic heterocycles. The Morgan fingerprint density at radius 3 is 2.19 bits per heavy atom. The Kier molecular flexibility index (Phi) is 4.70. The molecule has 0 aliphatic carbocycles. The Hall–Kier alpha value is -2.30. The van der Waals surface area contributed by atoms with Crippen LogP contribution < -0.4 is 4.90 Å².